The molecule has 0 amide bonds. The zero-order valence-electron chi connectivity index (χ0n) is 11.5. The van der Waals surface area contributed by atoms with Crippen LogP contribution in [0.15, 0.2) is 18.2 Å². The number of rotatable bonds is 5. The third-order valence-electron chi connectivity index (χ3n) is 2.91. The molecule has 0 atom stereocenters. The molecule has 0 saturated carbocycles. The first-order chi connectivity index (χ1) is 9.21. The lowest BCUT2D eigenvalue weighted by atomic mass is 10.1. The molecule has 102 valence electrons. The molecule has 0 radical (unpaired) electrons. The summed E-state index contributed by atoms with van der Waals surface area (Å²) in [6.07, 6.45) is 0.839. The number of ether oxygens (including phenoxy) is 2. The van der Waals surface area contributed by atoms with E-state index >= 15 is 0 Å². The third-order valence-corrected chi connectivity index (χ3v) is 3.24. The molecule has 1 aromatic carbocycles. The van der Waals surface area contributed by atoms with E-state index in [0.717, 1.165) is 34.4 Å². The molecule has 1 aromatic heterocycles. The highest BCUT2D eigenvalue weighted by molar-refractivity contribution is 6.30. The maximum atomic E-state index is 6.20. The van der Waals surface area contributed by atoms with Crippen molar-refractivity contribution < 1.29 is 9.47 Å². The monoisotopic (exact) mass is 279 g/mol. The second-order valence-electron chi connectivity index (χ2n) is 4.12. The Balaban J connectivity index is 2.69. The first kappa shape index (κ1) is 13.9. The van der Waals surface area contributed by atoms with E-state index in [-0.39, 0.29) is 0 Å². The van der Waals surface area contributed by atoms with Crippen LogP contribution in [-0.4, -0.2) is 18.2 Å². The van der Waals surface area contributed by atoms with E-state index in [2.05, 4.69) is 11.9 Å². The van der Waals surface area contributed by atoms with Crippen LogP contribution in [0.1, 0.15) is 26.3 Å². The average Bonchev–Trinajstić information content (AvgIpc) is 2.41. The highest BCUT2D eigenvalue weighted by Gasteiger charge is 2.12. The van der Waals surface area contributed by atoms with Crippen molar-refractivity contribution in [2.75, 3.05) is 13.2 Å². The molecule has 0 N–H and O–H groups in total. The van der Waals surface area contributed by atoms with Gasteiger partial charge in [-0.1, -0.05) is 18.5 Å². The van der Waals surface area contributed by atoms with Crippen LogP contribution >= 0.6 is 11.6 Å². The van der Waals surface area contributed by atoms with Crippen molar-refractivity contribution in [1.29, 1.82) is 0 Å². The van der Waals surface area contributed by atoms with Crippen LogP contribution in [0.25, 0.3) is 10.9 Å². The third kappa shape index (κ3) is 2.76. The summed E-state index contributed by atoms with van der Waals surface area (Å²) in [7, 11) is 0. The van der Waals surface area contributed by atoms with E-state index in [1.165, 1.54) is 0 Å². The summed E-state index contributed by atoms with van der Waals surface area (Å²) in [6.45, 7) is 7.18. The second kappa shape index (κ2) is 6.11. The van der Waals surface area contributed by atoms with Gasteiger partial charge in [-0.15, -0.1) is 0 Å². The Morgan fingerprint density at radius 3 is 2.32 bits per heavy atom. The number of nitrogens with zero attached hydrogens (tertiary/aromatic N) is 1. The maximum Gasteiger partial charge on any atom is 0.145 e. The van der Waals surface area contributed by atoms with Gasteiger partial charge < -0.3 is 9.47 Å². The summed E-state index contributed by atoms with van der Waals surface area (Å²) in [4.78, 5) is 4.47. The van der Waals surface area contributed by atoms with Crippen LogP contribution in [0, 0.1) is 0 Å². The highest BCUT2D eigenvalue weighted by Crippen LogP contribution is 2.34. The summed E-state index contributed by atoms with van der Waals surface area (Å²) < 4.78 is 11.3. The van der Waals surface area contributed by atoms with Gasteiger partial charge in [-0.05, 0) is 44.0 Å². The molecule has 0 aliphatic heterocycles. The molecule has 1 heterocycles. The molecular formula is C15H18ClNO2. The molecule has 2 rings (SSSR count). The van der Waals surface area contributed by atoms with Crippen molar-refractivity contribution in [3.63, 3.8) is 0 Å². The molecule has 3 nitrogen and oxygen atoms in total. The highest BCUT2D eigenvalue weighted by atomic mass is 35.5. The minimum Gasteiger partial charge on any atom is -0.493 e. The van der Waals surface area contributed by atoms with Crippen molar-refractivity contribution in [3.8, 4) is 11.5 Å². The van der Waals surface area contributed by atoms with Gasteiger partial charge in [0, 0.05) is 5.39 Å². The van der Waals surface area contributed by atoms with E-state index in [1.54, 1.807) is 0 Å². The van der Waals surface area contributed by atoms with Crippen molar-refractivity contribution in [3.05, 3.63) is 28.9 Å². The molecule has 2 aromatic rings. The molecule has 0 bridgehead atoms. The van der Waals surface area contributed by atoms with Gasteiger partial charge in [0.1, 0.15) is 22.2 Å². The summed E-state index contributed by atoms with van der Waals surface area (Å²) in [5.74, 6) is 1.56. The van der Waals surface area contributed by atoms with Crippen molar-refractivity contribution in [2.24, 2.45) is 0 Å². The predicted octanol–water partition coefficient (Wildman–Crippen LogP) is 4.25. The normalized spacial score (nSPS) is 10.7. The Labute approximate surface area is 118 Å². The Morgan fingerprint density at radius 1 is 1.05 bits per heavy atom. The van der Waals surface area contributed by atoms with Gasteiger partial charge in [-0.2, -0.15) is 0 Å². The van der Waals surface area contributed by atoms with Gasteiger partial charge in [0.05, 0.1) is 13.2 Å². The molecule has 0 fully saturated rings. The smallest absolute Gasteiger partial charge is 0.145 e. The number of aromatic nitrogens is 1. The molecule has 0 aliphatic carbocycles. The Morgan fingerprint density at radius 2 is 1.68 bits per heavy atom. The number of aryl methyl sites for hydroxylation is 1. The fourth-order valence-corrected chi connectivity index (χ4v) is 2.30. The molecule has 0 saturated heterocycles. The van der Waals surface area contributed by atoms with Crippen LogP contribution in [0.4, 0.5) is 0 Å². The zero-order chi connectivity index (χ0) is 13.8. The molecule has 19 heavy (non-hydrogen) atoms. The van der Waals surface area contributed by atoms with E-state index < -0.39 is 0 Å². The largest absolute Gasteiger partial charge is 0.493 e. The fraction of sp³-hybridized carbons (Fsp3) is 0.400. The topological polar surface area (TPSA) is 31.4 Å². The number of hydrogen-bond acceptors (Lipinski definition) is 3. The number of fused-ring (bicyclic) bond motifs is 1. The first-order valence-electron chi connectivity index (χ1n) is 6.58. The van der Waals surface area contributed by atoms with Gasteiger partial charge >= 0.3 is 0 Å². The number of pyridine rings is 1. The summed E-state index contributed by atoms with van der Waals surface area (Å²) in [5, 5.41) is 1.48. The molecule has 0 aliphatic rings. The SMILES string of the molecule is CCOc1ccc(OCC)c2nc(Cl)c(CC)cc12. The maximum absolute atomic E-state index is 6.20. The number of halogens is 1. The van der Waals surface area contributed by atoms with Gasteiger partial charge in [0.2, 0.25) is 0 Å². The van der Waals surface area contributed by atoms with Gasteiger partial charge in [0.25, 0.3) is 0 Å². The fourth-order valence-electron chi connectivity index (χ4n) is 2.03. The summed E-state index contributed by atoms with van der Waals surface area (Å²) in [6, 6.07) is 5.84. The lowest BCUT2D eigenvalue weighted by molar-refractivity contribution is 0.336. The van der Waals surface area contributed by atoms with E-state index in [0.29, 0.717) is 18.4 Å². The van der Waals surface area contributed by atoms with Crippen molar-refractivity contribution in [2.45, 2.75) is 27.2 Å². The molecule has 4 heteroatoms. The van der Waals surface area contributed by atoms with Crippen molar-refractivity contribution >= 4 is 22.5 Å². The first-order valence-corrected chi connectivity index (χ1v) is 6.96. The minimum absolute atomic E-state index is 0.532. The molecule has 0 unspecified atom stereocenters. The summed E-state index contributed by atoms with van der Waals surface area (Å²) in [5.41, 5.74) is 1.78. The van der Waals surface area contributed by atoms with E-state index in [4.69, 9.17) is 21.1 Å². The van der Waals surface area contributed by atoms with E-state index in [9.17, 15) is 0 Å². The number of benzene rings is 1. The predicted molar refractivity (Wildman–Crippen MR) is 78.5 cm³/mol. The lowest BCUT2D eigenvalue weighted by Crippen LogP contribution is -1.99. The van der Waals surface area contributed by atoms with Crippen LogP contribution in [0.5, 0.6) is 11.5 Å². The Hall–Kier alpha value is -1.48. The van der Waals surface area contributed by atoms with Gasteiger partial charge in [-0.25, -0.2) is 4.98 Å². The van der Waals surface area contributed by atoms with Crippen molar-refractivity contribution in [1.82, 2.24) is 4.98 Å². The Kier molecular flexibility index (Phi) is 4.48. The van der Waals surface area contributed by atoms with Gasteiger partial charge in [0.15, 0.2) is 0 Å². The minimum atomic E-state index is 0.532. The quantitative estimate of drug-likeness (QED) is 0.767. The van der Waals surface area contributed by atoms with Crippen LogP contribution < -0.4 is 9.47 Å². The molecular weight excluding hydrogens is 262 g/mol. The van der Waals surface area contributed by atoms with Crippen LogP contribution in [-0.2, 0) is 6.42 Å². The summed E-state index contributed by atoms with van der Waals surface area (Å²) >= 11 is 6.20. The zero-order valence-corrected chi connectivity index (χ0v) is 12.3. The standard InChI is InChI=1S/C15H18ClNO2/c1-4-10-9-11-12(18-5-2)7-8-13(19-6-3)14(11)17-15(10)16/h7-9H,4-6H2,1-3H3. The van der Waals surface area contributed by atoms with Crippen LogP contribution in [0.2, 0.25) is 5.15 Å². The van der Waals surface area contributed by atoms with Crippen LogP contribution in [0.3, 0.4) is 0 Å². The molecule has 0 spiro atoms. The van der Waals surface area contributed by atoms with Gasteiger partial charge in [-0.3, -0.25) is 0 Å². The lowest BCUT2D eigenvalue weighted by Gasteiger charge is -2.13. The van der Waals surface area contributed by atoms with E-state index in [1.807, 2.05) is 32.0 Å². The number of hydrogen-bond donors (Lipinski definition) is 0. The average molecular weight is 280 g/mol. The Bertz CT molecular complexity index is 584. The second-order valence-corrected chi connectivity index (χ2v) is 4.47.